The maximum absolute atomic E-state index is 12.9. The molecule has 3 rings (SSSR count). The van der Waals surface area contributed by atoms with Crippen molar-refractivity contribution < 1.29 is 24.2 Å². The molecule has 0 aliphatic carbocycles. The topological polar surface area (TPSA) is 122 Å². The zero-order valence-corrected chi connectivity index (χ0v) is 17.8. The van der Waals surface area contributed by atoms with E-state index in [0.29, 0.717) is 23.6 Å². The zero-order chi connectivity index (χ0) is 20.5. The third-order valence-corrected chi connectivity index (χ3v) is 7.65. The van der Waals surface area contributed by atoms with Gasteiger partial charge in [-0.2, -0.15) is 11.8 Å². The van der Waals surface area contributed by atoms with Gasteiger partial charge in [0.2, 0.25) is 5.91 Å². The highest BCUT2D eigenvalue weighted by Gasteiger charge is 2.66. The molecule has 2 amide bonds. The van der Waals surface area contributed by atoms with Crippen LogP contribution in [0.15, 0.2) is 23.4 Å². The summed E-state index contributed by atoms with van der Waals surface area (Å²) in [6.45, 7) is 0.406. The molecular weight excluding hydrogens is 422 g/mol. The monoisotopic (exact) mass is 443 g/mol. The second kappa shape index (κ2) is 8.46. The Kier molecular flexibility index (Phi) is 6.40. The molecule has 1 aromatic rings. The van der Waals surface area contributed by atoms with Crippen LogP contribution >= 0.6 is 34.9 Å². The normalized spacial score (nSPS) is 24.0. The first-order valence-electron chi connectivity index (χ1n) is 8.41. The van der Waals surface area contributed by atoms with Crippen molar-refractivity contribution in [3.8, 4) is 0 Å². The summed E-state index contributed by atoms with van der Waals surface area (Å²) in [7, 11) is 1.34. The Balaban J connectivity index is 1.79. The summed E-state index contributed by atoms with van der Waals surface area (Å²) in [4.78, 5) is 40.2. The maximum Gasteiger partial charge on any atom is 0.352 e. The number of nitrogens with one attached hydrogen (secondary N) is 1. The average Bonchev–Trinajstić information content (AvgIpc) is 3.12. The van der Waals surface area contributed by atoms with Crippen molar-refractivity contribution in [3.05, 3.63) is 33.2 Å². The average molecular weight is 444 g/mol. The van der Waals surface area contributed by atoms with Crippen LogP contribution in [0.2, 0.25) is 0 Å². The Morgan fingerprint density at radius 1 is 1.46 bits per heavy atom. The number of fused-ring (bicyclic) bond motifs is 1. The van der Waals surface area contributed by atoms with Crippen LogP contribution in [0.5, 0.6) is 0 Å². The van der Waals surface area contributed by atoms with E-state index < -0.39 is 23.0 Å². The number of aliphatic carboxylic acids is 1. The number of hydrogen-bond acceptors (Lipinski definition) is 8. The van der Waals surface area contributed by atoms with Gasteiger partial charge in [-0.05, 0) is 24.0 Å². The van der Waals surface area contributed by atoms with Crippen LogP contribution in [0.25, 0.3) is 0 Å². The van der Waals surface area contributed by atoms with Crippen LogP contribution in [0.1, 0.15) is 9.75 Å². The number of methoxy groups -OCH3 is 1. The van der Waals surface area contributed by atoms with Gasteiger partial charge in [-0.25, -0.2) is 4.79 Å². The summed E-state index contributed by atoms with van der Waals surface area (Å²) >= 11 is 4.33. The zero-order valence-electron chi connectivity index (χ0n) is 15.4. The number of β-lactam (4-membered cyclic amide) rings is 1. The second-order valence-electron chi connectivity index (χ2n) is 6.27. The third-order valence-electron chi connectivity index (χ3n) is 4.53. The molecule has 0 unspecified atom stereocenters. The molecule has 0 spiro atoms. The predicted octanol–water partition coefficient (Wildman–Crippen LogP) is 0.825. The molecule has 1 aromatic heterocycles. The van der Waals surface area contributed by atoms with Gasteiger partial charge in [-0.1, -0.05) is 0 Å². The van der Waals surface area contributed by atoms with E-state index in [2.05, 4.69) is 5.32 Å². The molecule has 4 N–H and O–H groups in total. The molecule has 1 saturated heterocycles. The number of carbonyl (C=O) groups excluding carboxylic acids is 2. The molecule has 2 aliphatic rings. The lowest BCUT2D eigenvalue weighted by Gasteiger charge is -2.55. The van der Waals surface area contributed by atoms with Crippen molar-refractivity contribution in [2.45, 2.75) is 24.1 Å². The van der Waals surface area contributed by atoms with E-state index in [0.717, 1.165) is 9.75 Å². The molecule has 8 nitrogen and oxygen atoms in total. The maximum atomic E-state index is 12.9. The predicted molar refractivity (Wildman–Crippen MR) is 110 cm³/mol. The smallest absolute Gasteiger partial charge is 0.352 e. The number of ether oxygens (including phenoxy) is 1. The fraction of sp³-hybridized carbons (Fsp3) is 0.471. The van der Waals surface area contributed by atoms with Crippen LogP contribution in [-0.2, 0) is 32.1 Å². The van der Waals surface area contributed by atoms with Crippen molar-refractivity contribution in [1.82, 2.24) is 10.2 Å². The minimum atomic E-state index is -1.55. The summed E-state index contributed by atoms with van der Waals surface area (Å²) in [6, 6.07) is 3.69. The number of thiophene rings is 1. The lowest BCUT2D eigenvalue weighted by atomic mass is 9.98. The molecule has 0 bridgehead atoms. The number of nitrogens with two attached hydrogens (primary N) is 1. The summed E-state index contributed by atoms with van der Waals surface area (Å²) in [5.41, 5.74) is 4.73. The van der Waals surface area contributed by atoms with Gasteiger partial charge >= 0.3 is 5.97 Å². The molecular formula is C17H21N3O5S3. The molecule has 3 heterocycles. The molecule has 28 heavy (non-hydrogen) atoms. The number of rotatable bonds is 8. The molecule has 152 valence electrons. The molecule has 2 aliphatic heterocycles. The number of hydrogen-bond donors (Lipinski definition) is 3. The van der Waals surface area contributed by atoms with E-state index in [1.807, 2.05) is 18.4 Å². The van der Waals surface area contributed by atoms with E-state index >= 15 is 0 Å². The molecule has 2 atom stereocenters. The van der Waals surface area contributed by atoms with Gasteiger partial charge in [0.25, 0.3) is 11.6 Å². The number of amides is 2. The highest BCUT2D eigenvalue weighted by Crippen LogP contribution is 2.47. The first kappa shape index (κ1) is 21.2. The van der Waals surface area contributed by atoms with E-state index in [-0.39, 0.29) is 18.0 Å². The van der Waals surface area contributed by atoms with Crippen molar-refractivity contribution in [2.75, 3.05) is 24.9 Å². The quantitative estimate of drug-likeness (QED) is 0.399. The Morgan fingerprint density at radius 2 is 2.18 bits per heavy atom. The van der Waals surface area contributed by atoms with Gasteiger partial charge in [0.15, 0.2) is 0 Å². The second-order valence-corrected chi connectivity index (χ2v) is 9.45. The number of nitrogens with zero attached hydrogens (tertiary/aromatic N) is 1. The minimum absolute atomic E-state index is 0.00383. The van der Waals surface area contributed by atoms with Crippen LogP contribution in [0.3, 0.4) is 0 Å². The van der Waals surface area contributed by atoms with Crippen molar-refractivity contribution >= 4 is 52.6 Å². The first-order valence-corrected chi connectivity index (χ1v) is 11.7. The van der Waals surface area contributed by atoms with E-state index in [4.69, 9.17) is 10.5 Å². The third kappa shape index (κ3) is 3.57. The number of carboxylic acids is 1. The lowest BCUT2D eigenvalue weighted by Crippen LogP contribution is -2.80. The molecule has 0 saturated carbocycles. The first-order chi connectivity index (χ1) is 13.4. The Morgan fingerprint density at radius 3 is 2.75 bits per heavy atom. The Hall–Kier alpha value is -1.53. The highest BCUT2D eigenvalue weighted by atomic mass is 32.2. The summed E-state index contributed by atoms with van der Waals surface area (Å²) < 4.78 is 5.43. The summed E-state index contributed by atoms with van der Waals surface area (Å²) in [5.74, 6) is -1.09. The lowest BCUT2D eigenvalue weighted by molar-refractivity contribution is -0.192. The SMILES string of the molecule is CO[C@@]1(NC(=O)Cc2ccc(CN)s2)C(=O)N2C(C(=O)O)=C(CSC)CS[C@H]21. The number of carbonyl (C=O) groups is 3. The highest BCUT2D eigenvalue weighted by molar-refractivity contribution is 8.00. The Labute approximate surface area is 174 Å². The van der Waals surface area contributed by atoms with Crippen LogP contribution < -0.4 is 11.1 Å². The summed E-state index contributed by atoms with van der Waals surface area (Å²) in [6.07, 6.45) is 1.97. The van der Waals surface area contributed by atoms with Gasteiger partial charge in [0.05, 0.1) is 6.42 Å². The van der Waals surface area contributed by atoms with E-state index in [1.54, 1.807) is 0 Å². The molecule has 0 radical (unpaired) electrons. The van der Waals surface area contributed by atoms with Crippen LogP contribution in [0, 0.1) is 0 Å². The van der Waals surface area contributed by atoms with Gasteiger partial charge in [0, 0.05) is 34.9 Å². The van der Waals surface area contributed by atoms with Crippen molar-refractivity contribution in [3.63, 3.8) is 0 Å². The fourth-order valence-corrected chi connectivity index (χ4v) is 6.32. The standard InChI is InChI=1S/C17H21N3O5S3/c1-25-17(19-12(21)5-10-3-4-11(6-18)28-10)15(24)20-13(14(22)23)9(7-26-2)8-27-16(17)20/h3-4,16H,5-8,18H2,1-2H3,(H,19,21)(H,22,23)/t16-,17-/m0/s1. The number of thioether (sulfide) groups is 2. The molecule has 0 aromatic carbocycles. The summed E-state index contributed by atoms with van der Waals surface area (Å²) in [5, 5.41) is 11.7. The van der Waals surface area contributed by atoms with Gasteiger partial charge in [-0.15, -0.1) is 23.1 Å². The van der Waals surface area contributed by atoms with Crippen LogP contribution in [-0.4, -0.2) is 63.8 Å². The Bertz CT molecular complexity index is 840. The van der Waals surface area contributed by atoms with Gasteiger partial charge < -0.3 is 20.9 Å². The van der Waals surface area contributed by atoms with E-state index in [1.165, 1.54) is 46.9 Å². The fourth-order valence-electron chi connectivity index (χ4n) is 3.27. The number of carboxylic acid groups (broad SMARTS) is 1. The largest absolute Gasteiger partial charge is 0.477 e. The van der Waals surface area contributed by atoms with E-state index in [9.17, 15) is 19.5 Å². The molecule has 1 fully saturated rings. The van der Waals surface area contributed by atoms with Gasteiger partial charge in [-0.3, -0.25) is 14.5 Å². The van der Waals surface area contributed by atoms with Crippen molar-refractivity contribution in [1.29, 1.82) is 0 Å². The molecule has 11 heteroatoms. The van der Waals surface area contributed by atoms with Gasteiger partial charge in [0.1, 0.15) is 11.1 Å². The minimum Gasteiger partial charge on any atom is -0.477 e. The van der Waals surface area contributed by atoms with Crippen LogP contribution in [0.4, 0.5) is 0 Å². The van der Waals surface area contributed by atoms with Crippen molar-refractivity contribution in [2.24, 2.45) is 5.73 Å².